The molecule has 3 nitrogen and oxygen atoms in total. The molecule has 0 saturated carbocycles. The van der Waals surface area contributed by atoms with Crippen LogP contribution in [0.4, 0.5) is 5.13 Å². The monoisotopic (exact) mass is 179 g/mol. The zero-order chi connectivity index (χ0) is 8.39. The Morgan fingerprint density at radius 1 is 1.42 bits per heavy atom. The van der Waals surface area contributed by atoms with E-state index in [0.717, 1.165) is 10.2 Å². The van der Waals surface area contributed by atoms with E-state index in [1.165, 1.54) is 18.4 Å². The minimum Gasteiger partial charge on any atom is -0.253 e. The SMILES string of the molecule is CO[N]c1nc2ccccc2s1. The zero-order valence-electron chi connectivity index (χ0n) is 6.52. The van der Waals surface area contributed by atoms with E-state index in [2.05, 4.69) is 15.3 Å². The lowest BCUT2D eigenvalue weighted by Crippen LogP contribution is -1.91. The molecule has 0 atom stereocenters. The first kappa shape index (κ1) is 7.52. The zero-order valence-corrected chi connectivity index (χ0v) is 7.34. The normalized spacial score (nSPS) is 10.4. The first-order chi connectivity index (χ1) is 5.90. The summed E-state index contributed by atoms with van der Waals surface area (Å²) in [6.07, 6.45) is 0. The quantitative estimate of drug-likeness (QED) is 0.662. The summed E-state index contributed by atoms with van der Waals surface area (Å²) in [5.41, 5.74) is 4.72. The Labute approximate surface area is 74.0 Å². The molecule has 2 aromatic rings. The molecule has 1 radical (unpaired) electrons. The molecule has 0 aliphatic carbocycles. The van der Waals surface area contributed by atoms with Gasteiger partial charge in [0.05, 0.1) is 17.3 Å². The molecule has 0 saturated heterocycles. The van der Waals surface area contributed by atoms with Crippen molar-refractivity contribution in [2.75, 3.05) is 7.11 Å². The van der Waals surface area contributed by atoms with Gasteiger partial charge in [-0.1, -0.05) is 23.5 Å². The molecule has 2 rings (SSSR count). The number of aromatic nitrogens is 1. The molecule has 0 unspecified atom stereocenters. The summed E-state index contributed by atoms with van der Waals surface area (Å²) in [5.74, 6) is 0. The van der Waals surface area contributed by atoms with Gasteiger partial charge in [-0.05, 0) is 12.1 Å². The molecular weight excluding hydrogens is 172 g/mol. The van der Waals surface area contributed by atoms with Crippen LogP contribution in [0.1, 0.15) is 0 Å². The molecule has 0 fully saturated rings. The van der Waals surface area contributed by atoms with Crippen LogP contribution in [0.25, 0.3) is 10.2 Å². The molecule has 0 spiro atoms. The number of hydrogen-bond donors (Lipinski definition) is 0. The van der Waals surface area contributed by atoms with Gasteiger partial charge in [0.2, 0.25) is 5.13 Å². The highest BCUT2D eigenvalue weighted by Gasteiger charge is 2.02. The van der Waals surface area contributed by atoms with Crippen LogP contribution in [-0.2, 0) is 4.84 Å². The van der Waals surface area contributed by atoms with Crippen molar-refractivity contribution < 1.29 is 4.84 Å². The summed E-state index contributed by atoms with van der Waals surface area (Å²) in [5, 5.41) is 0.665. The van der Waals surface area contributed by atoms with E-state index in [0.29, 0.717) is 5.13 Å². The Kier molecular flexibility index (Phi) is 1.93. The van der Waals surface area contributed by atoms with Gasteiger partial charge < -0.3 is 0 Å². The fourth-order valence-electron chi connectivity index (χ4n) is 0.977. The van der Waals surface area contributed by atoms with Crippen LogP contribution < -0.4 is 5.48 Å². The molecule has 1 heterocycles. The van der Waals surface area contributed by atoms with Crippen LogP contribution in [0.15, 0.2) is 24.3 Å². The standard InChI is InChI=1S/C8H7N2OS/c1-11-10-8-9-6-4-2-3-5-7(6)12-8/h2-5H,1H3. The third-order valence-corrected chi connectivity index (χ3v) is 2.37. The Morgan fingerprint density at radius 2 is 2.25 bits per heavy atom. The average Bonchev–Trinajstić information content (AvgIpc) is 2.47. The lowest BCUT2D eigenvalue weighted by atomic mass is 10.3. The fraction of sp³-hybridized carbons (Fsp3) is 0.125. The Bertz CT molecular complexity index is 352. The maximum absolute atomic E-state index is 4.63. The second kappa shape index (κ2) is 3.08. The van der Waals surface area contributed by atoms with E-state index in [9.17, 15) is 0 Å². The maximum atomic E-state index is 4.63. The van der Waals surface area contributed by atoms with Crippen LogP contribution >= 0.6 is 11.3 Å². The van der Waals surface area contributed by atoms with Gasteiger partial charge in [-0.2, -0.15) is 0 Å². The predicted octanol–water partition coefficient (Wildman–Crippen LogP) is 2.09. The van der Waals surface area contributed by atoms with Gasteiger partial charge in [-0.3, -0.25) is 4.84 Å². The summed E-state index contributed by atoms with van der Waals surface area (Å²) >= 11 is 1.52. The highest BCUT2D eigenvalue weighted by Crippen LogP contribution is 2.24. The molecule has 12 heavy (non-hydrogen) atoms. The van der Waals surface area contributed by atoms with Crippen molar-refractivity contribution in [2.45, 2.75) is 0 Å². The van der Waals surface area contributed by atoms with Gasteiger partial charge >= 0.3 is 0 Å². The molecule has 0 bridgehead atoms. The molecule has 1 aromatic carbocycles. The molecular formula is C8H7N2OS. The largest absolute Gasteiger partial charge is 0.253 e. The Morgan fingerprint density at radius 3 is 3.00 bits per heavy atom. The van der Waals surface area contributed by atoms with Crippen molar-refractivity contribution in [2.24, 2.45) is 0 Å². The molecule has 0 N–H and O–H groups in total. The fourth-order valence-corrected chi connectivity index (χ4v) is 1.79. The molecule has 0 amide bonds. The predicted molar refractivity (Wildman–Crippen MR) is 48.4 cm³/mol. The minimum absolute atomic E-state index is 0.665. The van der Waals surface area contributed by atoms with Crippen molar-refractivity contribution >= 4 is 26.7 Å². The van der Waals surface area contributed by atoms with Crippen LogP contribution in [0.5, 0.6) is 0 Å². The first-order valence-corrected chi connectivity index (χ1v) is 4.31. The molecule has 61 valence electrons. The van der Waals surface area contributed by atoms with E-state index in [1.54, 1.807) is 0 Å². The van der Waals surface area contributed by atoms with E-state index in [-0.39, 0.29) is 0 Å². The summed E-state index contributed by atoms with van der Waals surface area (Å²) in [6, 6.07) is 7.91. The molecule has 4 heteroatoms. The van der Waals surface area contributed by atoms with E-state index in [1.807, 2.05) is 24.3 Å². The number of benzene rings is 1. The van der Waals surface area contributed by atoms with Gasteiger partial charge in [0.1, 0.15) is 0 Å². The second-order valence-corrected chi connectivity index (χ2v) is 3.25. The van der Waals surface area contributed by atoms with Crippen LogP contribution in [-0.4, -0.2) is 12.1 Å². The van der Waals surface area contributed by atoms with Gasteiger partial charge in [0, 0.05) is 0 Å². The van der Waals surface area contributed by atoms with Gasteiger partial charge in [-0.25, -0.2) is 4.98 Å². The van der Waals surface area contributed by atoms with Crippen molar-refractivity contribution in [3.63, 3.8) is 0 Å². The number of fused-ring (bicyclic) bond motifs is 1. The van der Waals surface area contributed by atoms with E-state index >= 15 is 0 Å². The van der Waals surface area contributed by atoms with Crippen LogP contribution in [0.3, 0.4) is 0 Å². The summed E-state index contributed by atoms with van der Waals surface area (Å²) in [6.45, 7) is 0. The van der Waals surface area contributed by atoms with Crippen LogP contribution in [0, 0.1) is 0 Å². The van der Waals surface area contributed by atoms with Crippen molar-refractivity contribution in [1.82, 2.24) is 10.5 Å². The molecule has 0 aliphatic heterocycles. The number of rotatable bonds is 2. The van der Waals surface area contributed by atoms with Crippen LogP contribution in [0.2, 0.25) is 0 Å². The topological polar surface area (TPSA) is 36.2 Å². The smallest absolute Gasteiger partial charge is 0.236 e. The van der Waals surface area contributed by atoms with Crippen molar-refractivity contribution in [3.05, 3.63) is 24.3 Å². The van der Waals surface area contributed by atoms with Crippen molar-refractivity contribution in [1.29, 1.82) is 0 Å². The lowest BCUT2D eigenvalue weighted by Gasteiger charge is -1.87. The summed E-state index contributed by atoms with van der Waals surface area (Å²) < 4.78 is 1.13. The van der Waals surface area contributed by atoms with Gasteiger partial charge in [0.15, 0.2) is 0 Å². The van der Waals surface area contributed by atoms with Gasteiger partial charge in [-0.15, -0.1) is 5.48 Å². The maximum Gasteiger partial charge on any atom is 0.236 e. The number of para-hydroxylation sites is 1. The molecule has 0 aliphatic rings. The third-order valence-electron chi connectivity index (χ3n) is 1.45. The van der Waals surface area contributed by atoms with Crippen molar-refractivity contribution in [3.8, 4) is 0 Å². The second-order valence-electron chi connectivity index (χ2n) is 2.24. The third kappa shape index (κ3) is 1.26. The summed E-state index contributed by atoms with van der Waals surface area (Å²) in [4.78, 5) is 8.86. The molecule has 1 aromatic heterocycles. The van der Waals surface area contributed by atoms with E-state index in [4.69, 9.17) is 0 Å². The number of nitrogens with zero attached hydrogens (tertiary/aromatic N) is 2. The summed E-state index contributed by atoms with van der Waals surface area (Å²) in [7, 11) is 1.52. The first-order valence-electron chi connectivity index (χ1n) is 3.50. The Hall–Kier alpha value is -1.13. The highest BCUT2D eigenvalue weighted by molar-refractivity contribution is 7.21. The average molecular weight is 179 g/mol. The number of thiazole rings is 1. The highest BCUT2D eigenvalue weighted by atomic mass is 32.1. The number of hydrogen-bond acceptors (Lipinski definition) is 3. The van der Waals surface area contributed by atoms with Gasteiger partial charge in [0.25, 0.3) is 0 Å². The lowest BCUT2D eigenvalue weighted by molar-refractivity contribution is 0.125. The minimum atomic E-state index is 0.665. The van der Waals surface area contributed by atoms with E-state index < -0.39 is 0 Å². The Balaban J connectivity index is 2.47.